The van der Waals surface area contributed by atoms with Gasteiger partial charge in [0.2, 0.25) is 0 Å². The van der Waals surface area contributed by atoms with E-state index < -0.39 is 0 Å². The summed E-state index contributed by atoms with van der Waals surface area (Å²) in [5.74, 6) is 1.54. The fraction of sp³-hybridized carbons (Fsp3) is 0.650. The van der Waals surface area contributed by atoms with E-state index in [1.54, 1.807) is 0 Å². The molecule has 140 valence electrons. The minimum absolute atomic E-state index is 0.452. The van der Waals surface area contributed by atoms with Gasteiger partial charge in [-0.3, -0.25) is 4.90 Å². The molecule has 5 heteroatoms. The van der Waals surface area contributed by atoms with Crippen molar-refractivity contribution in [3.05, 3.63) is 29.8 Å². The summed E-state index contributed by atoms with van der Waals surface area (Å²) < 4.78 is 0. The van der Waals surface area contributed by atoms with E-state index in [9.17, 15) is 0 Å². The van der Waals surface area contributed by atoms with Gasteiger partial charge in [-0.15, -0.1) is 0 Å². The predicted octanol–water partition coefficient (Wildman–Crippen LogP) is 2.54. The third-order valence-corrected chi connectivity index (χ3v) is 4.88. The molecule has 1 aromatic carbocycles. The highest BCUT2D eigenvalue weighted by Crippen LogP contribution is 2.19. The van der Waals surface area contributed by atoms with Gasteiger partial charge in [-0.1, -0.05) is 19.1 Å². The Morgan fingerprint density at radius 3 is 2.68 bits per heavy atom. The van der Waals surface area contributed by atoms with Crippen molar-refractivity contribution in [3.63, 3.8) is 0 Å². The molecule has 1 aromatic rings. The molecular formula is C20H35N5. The van der Waals surface area contributed by atoms with Crippen LogP contribution in [0.1, 0.15) is 33.3 Å². The molecule has 0 spiro atoms. The monoisotopic (exact) mass is 345 g/mol. The fourth-order valence-corrected chi connectivity index (χ4v) is 3.21. The summed E-state index contributed by atoms with van der Waals surface area (Å²) in [6.07, 6.45) is 0. The van der Waals surface area contributed by atoms with Crippen LogP contribution in [0.15, 0.2) is 29.3 Å². The Bertz CT molecular complexity index is 567. The maximum atomic E-state index is 4.81. The first-order valence-electron chi connectivity index (χ1n) is 9.45. The molecule has 0 amide bonds. The molecule has 0 aliphatic carbocycles. The lowest BCUT2D eigenvalue weighted by atomic mass is 10.1. The lowest BCUT2D eigenvalue weighted by Gasteiger charge is -2.22. The number of nitrogens with zero attached hydrogens (tertiary/aromatic N) is 3. The molecule has 1 fully saturated rings. The molecule has 2 N–H and O–H groups in total. The number of likely N-dealkylation sites (tertiary alicyclic amines) is 1. The number of aliphatic imine (C=N–C) groups is 1. The quantitative estimate of drug-likeness (QED) is 0.614. The van der Waals surface area contributed by atoms with Gasteiger partial charge in [-0.05, 0) is 44.4 Å². The van der Waals surface area contributed by atoms with Crippen molar-refractivity contribution in [2.45, 2.75) is 46.3 Å². The second-order valence-electron chi connectivity index (χ2n) is 7.54. The molecule has 2 rings (SSSR count). The summed E-state index contributed by atoms with van der Waals surface area (Å²) in [7, 11) is 4.13. The smallest absolute Gasteiger partial charge is 0.191 e. The van der Waals surface area contributed by atoms with E-state index in [0.717, 1.165) is 25.6 Å². The summed E-state index contributed by atoms with van der Waals surface area (Å²) >= 11 is 0. The number of anilines is 1. The number of hydrogen-bond donors (Lipinski definition) is 2. The second-order valence-corrected chi connectivity index (χ2v) is 7.54. The molecule has 2 atom stereocenters. The SMILES string of the molecule is CCNC(=NCc1cccc(N(C)C)c1)NC1CN(C(C)C)CC1C. The van der Waals surface area contributed by atoms with E-state index in [4.69, 9.17) is 4.99 Å². The number of nitrogens with one attached hydrogen (secondary N) is 2. The van der Waals surface area contributed by atoms with E-state index in [0.29, 0.717) is 24.5 Å². The van der Waals surface area contributed by atoms with Crippen LogP contribution in [0, 0.1) is 5.92 Å². The van der Waals surface area contributed by atoms with E-state index in [2.05, 4.69) is 86.5 Å². The van der Waals surface area contributed by atoms with Crippen LogP contribution in [0.4, 0.5) is 5.69 Å². The van der Waals surface area contributed by atoms with E-state index >= 15 is 0 Å². The van der Waals surface area contributed by atoms with Gasteiger partial charge in [0, 0.05) is 51.5 Å². The Labute approximate surface area is 153 Å². The summed E-state index contributed by atoms with van der Waals surface area (Å²) in [5.41, 5.74) is 2.44. The zero-order valence-electron chi connectivity index (χ0n) is 16.7. The van der Waals surface area contributed by atoms with Crippen molar-refractivity contribution in [1.82, 2.24) is 15.5 Å². The Kier molecular flexibility index (Phi) is 7.12. The van der Waals surface area contributed by atoms with E-state index in [1.165, 1.54) is 11.3 Å². The Morgan fingerprint density at radius 1 is 1.32 bits per heavy atom. The zero-order valence-corrected chi connectivity index (χ0v) is 16.7. The first-order chi connectivity index (χ1) is 11.9. The van der Waals surface area contributed by atoms with Crippen LogP contribution in [0.5, 0.6) is 0 Å². The van der Waals surface area contributed by atoms with E-state index in [-0.39, 0.29) is 0 Å². The largest absolute Gasteiger partial charge is 0.378 e. The highest BCUT2D eigenvalue weighted by atomic mass is 15.3. The molecular weight excluding hydrogens is 310 g/mol. The number of hydrogen-bond acceptors (Lipinski definition) is 3. The van der Waals surface area contributed by atoms with Crippen LogP contribution in [0.3, 0.4) is 0 Å². The Morgan fingerprint density at radius 2 is 2.08 bits per heavy atom. The molecule has 2 unspecified atom stereocenters. The average Bonchev–Trinajstić information content (AvgIpc) is 2.94. The van der Waals surface area contributed by atoms with Gasteiger partial charge < -0.3 is 15.5 Å². The van der Waals surface area contributed by atoms with Gasteiger partial charge in [0.05, 0.1) is 6.54 Å². The molecule has 1 heterocycles. The predicted molar refractivity (Wildman–Crippen MR) is 108 cm³/mol. The molecule has 0 aromatic heterocycles. The molecule has 1 aliphatic rings. The molecule has 0 bridgehead atoms. The van der Waals surface area contributed by atoms with Crippen LogP contribution in [-0.4, -0.2) is 56.7 Å². The van der Waals surface area contributed by atoms with Crippen molar-refractivity contribution in [1.29, 1.82) is 0 Å². The minimum Gasteiger partial charge on any atom is -0.378 e. The first kappa shape index (κ1) is 19.6. The Balaban J connectivity index is 2.02. The van der Waals surface area contributed by atoms with Crippen LogP contribution < -0.4 is 15.5 Å². The van der Waals surface area contributed by atoms with Gasteiger partial charge in [-0.25, -0.2) is 4.99 Å². The number of guanidine groups is 1. The van der Waals surface area contributed by atoms with Gasteiger partial charge >= 0.3 is 0 Å². The standard InChI is InChI=1S/C20H35N5/c1-7-21-20(23-19-14-25(15(2)3)13-16(19)4)22-12-17-9-8-10-18(11-17)24(5)6/h8-11,15-16,19H,7,12-14H2,1-6H3,(H2,21,22,23). The van der Waals surface area contributed by atoms with Crippen molar-refractivity contribution < 1.29 is 0 Å². The van der Waals surface area contributed by atoms with Crippen molar-refractivity contribution in [2.75, 3.05) is 38.6 Å². The van der Waals surface area contributed by atoms with Crippen LogP contribution in [-0.2, 0) is 6.54 Å². The van der Waals surface area contributed by atoms with Crippen LogP contribution in [0.25, 0.3) is 0 Å². The number of benzene rings is 1. The third-order valence-electron chi connectivity index (χ3n) is 4.88. The fourth-order valence-electron chi connectivity index (χ4n) is 3.21. The van der Waals surface area contributed by atoms with Gasteiger partial charge in [0.1, 0.15) is 0 Å². The molecule has 25 heavy (non-hydrogen) atoms. The summed E-state index contributed by atoms with van der Waals surface area (Å²) in [4.78, 5) is 9.47. The highest BCUT2D eigenvalue weighted by Gasteiger charge is 2.31. The summed E-state index contributed by atoms with van der Waals surface area (Å²) in [6, 6.07) is 9.61. The molecule has 5 nitrogen and oxygen atoms in total. The van der Waals surface area contributed by atoms with Gasteiger partial charge in [0.15, 0.2) is 5.96 Å². The summed E-state index contributed by atoms with van der Waals surface area (Å²) in [6.45, 7) is 12.8. The van der Waals surface area contributed by atoms with E-state index in [1.807, 2.05) is 0 Å². The third kappa shape index (κ3) is 5.63. The highest BCUT2D eigenvalue weighted by molar-refractivity contribution is 5.80. The molecule has 1 aliphatic heterocycles. The maximum absolute atomic E-state index is 4.81. The van der Waals surface area contributed by atoms with Gasteiger partial charge in [0.25, 0.3) is 0 Å². The minimum atomic E-state index is 0.452. The Hall–Kier alpha value is -1.75. The van der Waals surface area contributed by atoms with Crippen molar-refractivity contribution in [3.8, 4) is 0 Å². The molecule has 1 saturated heterocycles. The first-order valence-corrected chi connectivity index (χ1v) is 9.45. The average molecular weight is 346 g/mol. The van der Waals surface area contributed by atoms with Crippen LogP contribution >= 0.6 is 0 Å². The maximum Gasteiger partial charge on any atom is 0.191 e. The molecule has 0 saturated carbocycles. The lowest BCUT2D eigenvalue weighted by molar-refractivity contribution is 0.265. The number of rotatable bonds is 6. The lowest BCUT2D eigenvalue weighted by Crippen LogP contribution is -2.46. The zero-order chi connectivity index (χ0) is 18.4. The second kappa shape index (κ2) is 9.09. The van der Waals surface area contributed by atoms with Crippen molar-refractivity contribution in [2.24, 2.45) is 10.9 Å². The molecule has 0 radical (unpaired) electrons. The van der Waals surface area contributed by atoms with Crippen LogP contribution in [0.2, 0.25) is 0 Å². The summed E-state index contributed by atoms with van der Waals surface area (Å²) in [5, 5.41) is 7.04. The van der Waals surface area contributed by atoms with Gasteiger partial charge in [-0.2, -0.15) is 0 Å². The normalized spacial score (nSPS) is 21.6. The van der Waals surface area contributed by atoms with Crippen molar-refractivity contribution >= 4 is 11.6 Å². The topological polar surface area (TPSA) is 42.9 Å².